The molecule has 1 aliphatic heterocycles. The molecular weight excluding hydrogens is 334 g/mol. The van der Waals surface area contributed by atoms with Gasteiger partial charge < -0.3 is 9.64 Å². The quantitative estimate of drug-likeness (QED) is 0.465. The van der Waals surface area contributed by atoms with Gasteiger partial charge in [-0.3, -0.25) is 4.79 Å². The van der Waals surface area contributed by atoms with Gasteiger partial charge in [0, 0.05) is 30.1 Å². The minimum atomic E-state index is -0.351. The van der Waals surface area contributed by atoms with Crippen molar-refractivity contribution in [3.05, 3.63) is 35.9 Å². The van der Waals surface area contributed by atoms with E-state index < -0.39 is 0 Å². The van der Waals surface area contributed by atoms with Gasteiger partial charge in [0.2, 0.25) is 5.91 Å². The van der Waals surface area contributed by atoms with Gasteiger partial charge in [0.1, 0.15) is 0 Å². The molecule has 4 nitrogen and oxygen atoms in total. The molecule has 0 bridgehead atoms. The van der Waals surface area contributed by atoms with Crippen molar-refractivity contribution < 1.29 is 14.3 Å². The van der Waals surface area contributed by atoms with Crippen LogP contribution in [0.15, 0.2) is 30.3 Å². The summed E-state index contributed by atoms with van der Waals surface area (Å²) in [4.78, 5) is 25.0. The molecule has 1 fully saturated rings. The Labute approximate surface area is 132 Å². The summed E-state index contributed by atoms with van der Waals surface area (Å²) < 4.78 is 4.82. The van der Waals surface area contributed by atoms with Crippen LogP contribution in [0.3, 0.4) is 0 Å². The Hall–Kier alpha value is -1.62. The Balaban J connectivity index is 2.02. The van der Waals surface area contributed by atoms with Crippen LogP contribution >= 0.6 is 15.9 Å². The van der Waals surface area contributed by atoms with Gasteiger partial charge in [-0.15, -0.1) is 0 Å². The molecule has 1 unspecified atom stereocenters. The summed E-state index contributed by atoms with van der Waals surface area (Å²) in [6.07, 6.45) is 3.70. The fraction of sp³-hybridized carbons (Fsp3) is 0.375. The average molecular weight is 352 g/mol. The van der Waals surface area contributed by atoms with Crippen molar-refractivity contribution in [2.75, 3.05) is 23.4 Å². The van der Waals surface area contributed by atoms with Gasteiger partial charge >= 0.3 is 5.97 Å². The number of alkyl halides is 1. The predicted octanol–water partition coefficient (Wildman–Crippen LogP) is 3.01. The number of rotatable bonds is 5. The molecule has 1 heterocycles. The van der Waals surface area contributed by atoms with Crippen LogP contribution in [-0.4, -0.2) is 30.4 Å². The molecule has 1 aromatic carbocycles. The van der Waals surface area contributed by atoms with E-state index in [4.69, 9.17) is 4.74 Å². The Morgan fingerprint density at radius 2 is 2.14 bits per heavy atom. The maximum absolute atomic E-state index is 11.9. The summed E-state index contributed by atoms with van der Waals surface area (Å²) >= 11 is 3.43. The Morgan fingerprint density at radius 3 is 2.71 bits per heavy atom. The van der Waals surface area contributed by atoms with Crippen molar-refractivity contribution in [2.45, 2.75) is 13.3 Å². The van der Waals surface area contributed by atoms with Crippen LogP contribution in [0.4, 0.5) is 5.69 Å². The van der Waals surface area contributed by atoms with E-state index in [0.29, 0.717) is 18.9 Å². The molecule has 2 rings (SSSR count). The van der Waals surface area contributed by atoms with E-state index in [1.807, 2.05) is 29.2 Å². The lowest BCUT2D eigenvalue weighted by Crippen LogP contribution is -2.24. The van der Waals surface area contributed by atoms with Gasteiger partial charge in [-0.2, -0.15) is 0 Å². The first-order valence-corrected chi connectivity index (χ1v) is 8.07. The minimum absolute atomic E-state index is 0.161. The van der Waals surface area contributed by atoms with Gasteiger partial charge in [-0.1, -0.05) is 28.1 Å². The van der Waals surface area contributed by atoms with Crippen LogP contribution in [0.1, 0.15) is 18.9 Å². The molecule has 0 saturated carbocycles. The van der Waals surface area contributed by atoms with E-state index in [9.17, 15) is 9.59 Å². The number of anilines is 1. The average Bonchev–Trinajstić information content (AvgIpc) is 2.87. The summed E-state index contributed by atoms with van der Waals surface area (Å²) in [6, 6.07) is 7.58. The third-order valence-corrected chi connectivity index (χ3v) is 4.24. The fourth-order valence-electron chi connectivity index (χ4n) is 2.25. The molecule has 1 aliphatic rings. The molecule has 1 saturated heterocycles. The van der Waals surface area contributed by atoms with E-state index in [1.165, 1.54) is 6.08 Å². The van der Waals surface area contributed by atoms with Crippen LogP contribution in [0.2, 0.25) is 0 Å². The Kier molecular flexibility index (Phi) is 5.56. The molecule has 0 aromatic heterocycles. The second kappa shape index (κ2) is 7.41. The summed E-state index contributed by atoms with van der Waals surface area (Å²) in [7, 11) is 0. The SMILES string of the molecule is CCOC(=O)/C=C/c1ccc(N2CC(CBr)CC2=O)cc1. The summed E-state index contributed by atoms with van der Waals surface area (Å²) in [5, 5.41) is 0.843. The number of benzene rings is 1. The van der Waals surface area contributed by atoms with Crippen molar-refractivity contribution in [1.29, 1.82) is 0 Å². The van der Waals surface area contributed by atoms with Gasteiger partial charge in [0.15, 0.2) is 0 Å². The van der Waals surface area contributed by atoms with Gasteiger partial charge in [-0.05, 0) is 36.6 Å². The molecule has 0 spiro atoms. The van der Waals surface area contributed by atoms with Gasteiger partial charge in [0.05, 0.1) is 6.61 Å². The van der Waals surface area contributed by atoms with Crippen LogP contribution in [0.25, 0.3) is 6.08 Å². The number of hydrogen-bond acceptors (Lipinski definition) is 3. The van der Waals surface area contributed by atoms with Crippen LogP contribution in [-0.2, 0) is 14.3 Å². The van der Waals surface area contributed by atoms with Crippen LogP contribution in [0, 0.1) is 5.92 Å². The monoisotopic (exact) mass is 351 g/mol. The molecule has 112 valence electrons. The second-order valence-corrected chi connectivity index (χ2v) is 5.55. The number of nitrogens with zero attached hydrogens (tertiary/aromatic N) is 1. The molecular formula is C16H18BrNO3. The standard InChI is InChI=1S/C16H18BrNO3/c1-2-21-16(20)8-5-12-3-6-14(7-4-12)18-11-13(10-17)9-15(18)19/h3-8,13H,2,9-11H2,1H3/b8-5+. The van der Waals surface area contributed by atoms with Crippen molar-refractivity contribution in [3.8, 4) is 0 Å². The Bertz CT molecular complexity index is 539. The number of carbonyl (C=O) groups excluding carboxylic acids is 2. The lowest BCUT2D eigenvalue weighted by atomic mass is 10.1. The predicted molar refractivity (Wildman–Crippen MR) is 86.4 cm³/mol. The zero-order valence-electron chi connectivity index (χ0n) is 11.9. The van der Waals surface area contributed by atoms with Gasteiger partial charge in [0.25, 0.3) is 0 Å². The largest absolute Gasteiger partial charge is 0.463 e. The van der Waals surface area contributed by atoms with Crippen molar-refractivity contribution in [1.82, 2.24) is 0 Å². The molecule has 21 heavy (non-hydrogen) atoms. The third kappa shape index (κ3) is 4.17. The highest BCUT2D eigenvalue weighted by Gasteiger charge is 2.29. The number of esters is 1. The van der Waals surface area contributed by atoms with Crippen molar-refractivity contribution in [2.24, 2.45) is 5.92 Å². The number of amides is 1. The summed E-state index contributed by atoms with van der Waals surface area (Å²) in [5.74, 6) is 0.187. The van der Waals surface area contributed by atoms with Crippen LogP contribution in [0.5, 0.6) is 0 Å². The number of hydrogen-bond donors (Lipinski definition) is 0. The minimum Gasteiger partial charge on any atom is -0.463 e. The van der Waals surface area contributed by atoms with Crippen molar-refractivity contribution in [3.63, 3.8) is 0 Å². The lowest BCUT2D eigenvalue weighted by Gasteiger charge is -2.16. The van der Waals surface area contributed by atoms with Crippen molar-refractivity contribution >= 4 is 39.6 Å². The molecule has 1 aromatic rings. The number of carbonyl (C=O) groups is 2. The van der Waals surface area contributed by atoms with Crippen LogP contribution < -0.4 is 4.90 Å². The van der Waals surface area contributed by atoms with Gasteiger partial charge in [-0.25, -0.2) is 4.79 Å². The van der Waals surface area contributed by atoms with E-state index >= 15 is 0 Å². The maximum Gasteiger partial charge on any atom is 0.330 e. The second-order valence-electron chi connectivity index (χ2n) is 4.91. The molecule has 0 radical (unpaired) electrons. The zero-order valence-corrected chi connectivity index (χ0v) is 13.5. The normalized spacial score (nSPS) is 18.5. The lowest BCUT2D eigenvalue weighted by molar-refractivity contribution is -0.137. The summed E-state index contributed by atoms with van der Waals surface area (Å²) in [6.45, 7) is 2.89. The third-order valence-electron chi connectivity index (χ3n) is 3.33. The zero-order chi connectivity index (χ0) is 15.2. The maximum atomic E-state index is 11.9. The smallest absolute Gasteiger partial charge is 0.330 e. The Morgan fingerprint density at radius 1 is 1.43 bits per heavy atom. The molecule has 0 aliphatic carbocycles. The number of halogens is 1. The topological polar surface area (TPSA) is 46.6 Å². The van der Waals surface area contributed by atoms with E-state index in [2.05, 4.69) is 15.9 Å². The first kappa shape index (κ1) is 15.8. The highest BCUT2D eigenvalue weighted by atomic mass is 79.9. The first-order valence-electron chi connectivity index (χ1n) is 6.95. The highest BCUT2D eigenvalue weighted by molar-refractivity contribution is 9.09. The molecule has 5 heteroatoms. The highest BCUT2D eigenvalue weighted by Crippen LogP contribution is 2.26. The molecule has 1 atom stereocenters. The summed E-state index contributed by atoms with van der Waals surface area (Å²) in [5.41, 5.74) is 1.80. The van der Waals surface area contributed by atoms with E-state index in [-0.39, 0.29) is 11.9 Å². The van der Waals surface area contributed by atoms with E-state index in [1.54, 1.807) is 13.0 Å². The molecule has 1 amide bonds. The number of ether oxygens (including phenoxy) is 1. The van der Waals surface area contributed by atoms with E-state index in [0.717, 1.165) is 23.1 Å². The first-order chi connectivity index (χ1) is 10.1. The fourth-order valence-corrected chi connectivity index (χ4v) is 2.69. The molecule has 0 N–H and O–H groups in total.